The van der Waals surface area contributed by atoms with E-state index in [1.165, 1.54) is 11.8 Å². The highest BCUT2D eigenvalue weighted by Gasteiger charge is 2.37. The van der Waals surface area contributed by atoms with Crippen molar-refractivity contribution in [3.63, 3.8) is 0 Å². The number of benzene rings is 1. The number of nitrogens with zero attached hydrogens (tertiary/aromatic N) is 1. The van der Waals surface area contributed by atoms with Crippen molar-refractivity contribution in [3.05, 3.63) is 70.6 Å². The molecule has 2 aliphatic rings. The molecule has 0 unspecified atom stereocenters. The highest BCUT2D eigenvalue weighted by Crippen LogP contribution is 2.35. The van der Waals surface area contributed by atoms with Gasteiger partial charge in [-0.3, -0.25) is 19.7 Å². The standard InChI is InChI=1S/C25H25N3O5S/c29-19-14-16(13-18-21(19)34-24(27-18)28-23(31)20-7-4-10-33-20)22(30)26-15-25(8-11-32-12-9-25)17-5-2-1-3-6-17/h1-7,10,16H,8-9,11-15H2,(H,26,30)(H,27,28,31)/t16-/m1/s1. The van der Waals surface area contributed by atoms with Gasteiger partial charge in [-0.2, -0.15) is 0 Å². The number of Topliss-reactive ketones (excluding diaryl/α,β-unsaturated/α-hetero) is 1. The van der Waals surface area contributed by atoms with Gasteiger partial charge in [0.1, 0.15) is 0 Å². The summed E-state index contributed by atoms with van der Waals surface area (Å²) < 4.78 is 10.7. The molecule has 34 heavy (non-hydrogen) atoms. The number of aromatic nitrogens is 1. The Balaban J connectivity index is 1.26. The van der Waals surface area contributed by atoms with Crippen molar-refractivity contribution in [2.75, 3.05) is 25.1 Å². The Morgan fingerprint density at radius 1 is 1.09 bits per heavy atom. The van der Waals surface area contributed by atoms with Crippen molar-refractivity contribution >= 4 is 34.1 Å². The van der Waals surface area contributed by atoms with E-state index in [0.29, 0.717) is 41.9 Å². The lowest BCUT2D eigenvalue weighted by atomic mass is 9.74. The molecular weight excluding hydrogens is 454 g/mol. The molecule has 176 valence electrons. The molecule has 1 aromatic carbocycles. The molecule has 3 aromatic rings. The first-order chi connectivity index (χ1) is 16.5. The molecule has 2 N–H and O–H groups in total. The SMILES string of the molecule is O=C(Nc1nc2c(s1)C(=O)C[C@H](C(=O)NCC1(c3ccccc3)CCOCC1)C2)c1ccco1. The van der Waals surface area contributed by atoms with Crippen molar-refractivity contribution in [2.24, 2.45) is 5.92 Å². The summed E-state index contributed by atoms with van der Waals surface area (Å²) in [5, 5.41) is 6.11. The van der Waals surface area contributed by atoms with Crippen molar-refractivity contribution in [3.8, 4) is 0 Å². The van der Waals surface area contributed by atoms with Crippen LogP contribution < -0.4 is 10.6 Å². The number of amides is 2. The second-order valence-electron chi connectivity index (χ2n) is 8.73. The van der Waals surface area contributed by atoms with Gasteiger partial charge in [-0.25, -0.2) is 4.98 Å². The van der Waals surface area contributed by atoms with Gasteiger partial charge in [-0.05, 0) is 30.5 Å². The molecule has 2 aromatic heterocycles. The first-order valence-electron chi connectivity index (χ1n) is 11.3. The van der Waals surface area contributed by atoms with Crippen molar-refractivity contribution in [2.45, 2.75) is 31.1 Å². The van der Waals surface area contributed by atoms with Gasteiger partial charge in [0.05, 0.1) is 22.8 Å². The van der Waals surface area contributed by atoms with Crippen molar-refractivity contribution < 1.29 is 23.5 Å². The zero-order chi connectivity index (χ0) is 23.5. The Kier molecular flexibility index (Phi) is 6.30. The minimum Gasteiger partial charge on any atom is -0.459 e. The highest BCUT2D eigenvalue weighted by molar-refractivity contribution is 7.17. The lowest BCUT2D eigenvalue weighted by Crippen LogP contribution is -2.46. The first kappa shape index (κ1) is 22.5. The van der Waals surface area contributed by atoms with E-state index < -0.39 is 11.8 Å². The van der Waals surface area contributed by atoms with E-state index in [1.807, 2.05) is 18.2 Å². The molecule has 1 saturated heterocycles. The third-order valence-electron chi connectivity index (χ3n) is 6.60. The zero-order valence-corrected chi connectivity index (χ0v) is 19.4. The monoisotopic (exact) mass is 479 g/mol. The van der Waals surface area contributed by atoms with E-state index in [2.05, 4.69) is 27.8 Å². The third kappa shape index (κ3) is 4.53. The van der Waals surface area contributed by atoms with Gasteiger partial charge in [-0.15, -0.1) is 0 Å². The number of ether oxygens (including phenoxy) is 1. The van der Waals surface area contributed by atoms with Gasteiger partial charge in [0.25, 0.3) is 5.91 Å². The van der Waals surface area contributed by atoms with Crippen molar-refractivity contribution in [1.82, 2.24) is 10.3 Å². The Bertz CT molecular complexity index is 1180. The van der Waals surface area contributed by atoms with Crippen LogP contribution in [0.25, 0.3) is 0 Å². The molecule has 1 aliphatic carbocycles. The number of nitrogens with one attached hydrogen (secondary N) is 2. The van der Waals surface area contributed by atoms with Crippen LogP contribution in [0.15, 0.2) is 53.1 Å². The van der Waals surface area contributed by atoms with E-state index in [-0.39, 0.29) is 29.3 Å². The largest absolute Gasteiger partial charge is 0.459 e. The van der Waals surface area contributed by atoms with Crippen LogP contribution in [0.5, 0.6) is 0 Å². The Hall–Kier alpha value is -3.30. The molecule has 3 heterocycles. The van der Waals surface area contributed by atoms with Gasteiger partial charge in [-0.1, -0.05) is 41.7 Å². The summed E-state index contributed by atoms with van der Waals surface area (Å²) in [5.74, 6) is -1.02. The number of thiazole rings is 1. The summed E-state index contributed by atoms with van der Waals surface area (Å²) in [6.45, 7) is 1.81. The Morgan fingerprint density at radius 2 is 1.88 bits per heavy atom. The first-order valence-corrected chi connectivity index (χ1v) is 12.1. The van der Waals surface area contributed by atoms with Gasteiger partial charge < -0.3 is 14.5 Å². The Morgan fingerprint density at radius 3 is 2.62 bits per heavy atom. The lowest BCUT2D eigenvalue weighted by molar-refractivity contribution is -0.125. The summed E-state index contributed by atoms with van der Waals surface area (Å²) in [7, 11) is 0. The zero-order valence-electron chi connectivity index (χ0n) is 18.5. The molecule has 1 aliphatic heterocycles. The summed E-state index contributed by atoms with van der Waals surface area (Å²) in [6.07, 6.45) is 3.57. The average Bonchev–Trinajstić information content (AvgIpc) is 3.54. The van der Waals surface area contributed by atoms with Crippen LogP contribution in [0, 0.1) is 5.92 Å². The summed E-state index contributed by atoms with van der Waals surface area (Å²) in [5.41, 5.74) is 1.57. The van der Waals surface area contributed by atoms with Crippen LogP contribution in [0.3, 0.4) is 0 Å². The molecule has 0 saturated carbocycles. The maximum atomic E-state index is 13.1. The second-order valence-corrected chi connectivity index (χ2v) is 9.73. The normalized spacial score (nSPS) is 19.3. The number of anilines is 1. The molecule has 5 rings (SSSR count). The Labute approximate surface area is 200 Å². The molecule has 0 bridgehead atoms. The number of hydrogen-bond acceptors (Lipinski definition) is 7. The topological polar surface area (TPSA) is 111 Å². The maximum Gasteiger partial charge on any atom is 0.293 e. The molecule has 1 fully saturated rings. The van der Waals surface area contributed by atoms with Gasteiger partial charge in [0.2, 0.25) is 5.91 Å². The smallest absolute Gasteiger partial charge is 0.293 e. The second kappa shape index (κ2) is 9.52. The van der Waals surface area contributed by atoms with E-state index in [0.717, 1.165) is 24.2 Å². The molecular formula is C25H25N3O5S. The predicted molar refractivity (Wildman–Crippen MR) is 126 cm³/mol. The number of furan rings is 1. The number of ketones is 1. The summed E-state index contributed by atoms with van der Waals surface area (Å²) in [6, 6.07) is 13.4. The number of carbonyl (C=O) groups excluding carboxylic acids is 3. The van der Waals surface area contributed by atoms with E-state index in [1.54, 1.807) is 12.1 Å². The minimum absolute atomic E-state index is 0.124. The van der Waals surface area contributed by atoms with Crippen LogP contribution in [0.2, 0.25) is 0 Å². The van der Waals surface area contributed by atoms with E-state index in [4.69, 9.17) is 9.15 Å². The minimum atomic E-state index is -0.483. The van der Waals surface area contributed by atoms with Gasteiger partial charge >= 0.3 is 0 Å². The van der Waals surface area contributed by atoms with Crippen LogP contribution in [-0.4, -0.2) is 42.3 Å². The molecule has 0 spiro atoms. The number of rotatable bonds is 6. The molecule has 2 amide bonds. The van der Waals surface area contributed by atoms with Crippen LogP contribution in [0.1, 0.15) is 50.7 Å². The number of fused-ring (bicyclic) bond motifs is 1. The van der Waals surface area contributed by atoms with Crippen LogP contribution in [-0.2, 0) is 21.4 Å². The average molecular weight is 480 g/mol. The van der Waals surface area contributed by atoms with Gasteiger partial charge in [0.15, 0.2) is 16.7 Å². The summed E-state index contributed by atoms with van der Waals surface area (Å²) in [4.78, 5) is 43.0. The fraction of sp³-hybridized carbons (Fsp3) is 0.360. The summed E-state index contributed by atoms with van der Waals surface area (Å²) >= 11 is 1.14. The number of hydrogen-bond donors (Lipinski definition) is 2. The fourth-order valence-corrected chi connectivity index (χ4v) is 5.59. The maximum absolute atomic E-state index is 13.1. The molecule has 8 nitrogen and oxygen atoms in total. The van der Waals surface area contributed by atoms with Gasteiger partial charge in [0, 0.05) is 38.0 Å². The number of carbonyl (C=O) groups is 3. The highest BCUT2D eigenvalue weighted by atomic mass is 32.1. The molecule has 9 heteroatoms. The van der Waals surface area contributed by atoms with E-state index in [9.17, 15) is 14.4 Å². The van der Waals surface area contributed by atoms with Crippen LogP contribution in [0.4, 0.5) is 5.13 Å². The quantitative estimate of drug-likeness (QED) is 0.559. The van der Waals surface area contributed by atoms with E-state index >= 15 is 0 Å². The third-order valence-corrected chi connectivity index (χ3v) is 7.65. The van der Waals surface area contributed by atoms with Crippen LogP contribution >= 0.6 is 11.3 Å². The van der Waals surface area contributed by atoms with Crippen molar-refractivity contribution in [1.29, 1.82) is 0 Å². The molecule has 1 atom stereocenters. The fourth-order valence-electron chi connectivity index (χ4n) is 4.66. The predicted octanol–water partition coefficient (Wildman–Crippen LogP) is 3.60. The molecule has 0 radical (unpaired) electrons. The lowest BCUT2D eigenvalue weighted by Gasteiger charge is -2.38.